The minimum atomic E-state index is -0.870. The maximum Gasteiger partial charge on any atom is 0.307 e. The third-order valence-corrected chi connectivity index (χ3v) is 2.60. The average Bonchev–Trinajstić information content (AvgIpc) is 2.21. The zero-order chi connectivity index (χ0) is 12.1. The molecule has 1 aromatic carbocycles. The van der Waals surface area contributed by atoms with Crippen molar-refractivity contribution in [1.29, 1.82) is 0 Å². The molecule has 3 heteroatoms. The standard InChI is InChI=1S/C13H13ClO2/c1-3-5-9-6-10(4-2)11(8-13(15)16)12(14)7-9/h6-7H,4,8H2,1-2H3,(H,15,16). The summed E-state index contributed by atoms with van der Waals surface area (Å²) in [5, 5.41) is 9.28. The first-order chi connectivity index (χ1) is 7.58. The molecule has 1 aromatic rings. The largest absolute Gasteiger partial charge is 0.481 e. The van der Waals surface area contributed by atoms with Gasteiger partial charge >= 0.3 is 5.97 Å². The Hall–Kier alpha value is -1.46. The van der Waals surface area contributed by atoms with Gasteiger partial charge in [-0.15, -0.1) is 5.92 Å². The highest BCUT2D eigenvalue weighted by Gasteiger charge is 2.11. The summed E-state index contributed by atoms with van der Waals surface area (Å²) >= 11 is 6.06. The maximum atomic E-state index is 10.7. The highest BCUT2D eigenvalue weighted by atomic mass is 35.5. The van der Waals surface area contributed by atoms with Crippen LogP contribution in [0.2, 0.25) is 5.02 Å². The molecule has 0 heterocycles. The van der Waals surface area contributed by atoms with Crippen LogP contribution in [0.1, 0.15) is 30.5 Å². The van der Waals surface area contributed by atoms with Gasteiger partial charge in [-0.05, 0) is 36.6 Å². The van der Waals surface area contributed by atoms with Crippen LogP contribution in [0.4, 0.5) is 0 Å². The van der Waals surface area contributed by atoms with Gasteiger partial charge in [0.05, 0.1) is 6.42 Å². The van der Waals surface area contributed by atoms with E-state index in [1.807, 2.05) is 13.0 Å². The van der Waals surface area contributed by atoms with Crippen LogP contribution in [0.15, 0.2) is 12.1 Å². The van der Waals surface area contributed by atoms with Crippen LogP contribution in [0.5, 0.6) is 0 Å². The molecule has 1 rings (SSSR count). The van der Waals surface area contributed by atoms with E-state index in [0.29, 0.717) is 10.6 Å². The lowest BCUT2D eigenvalue weighted by molar-refractivity contribution is -0.136. The van der Waals surface area contributed by atoms with Crippen LogP contribution in [-0.2, 0) is 17.6 Å². The molecule has 0 aliphatic rings. The van der Waals surface area contributed by atoms with Crippen LogP contribution in [0.25, 0.3) is 0 Å². The molecule has 0 bridgehead atoms. The Morgan fingerprint density at radius 2 is 2.19 bits per heavy atom. The number of carboxylic acids is 1. The molecular weight excluding hydrogens is 224 g/mol. The molecule has 0 saturated heterocycles. The lowest BCUT2D eigenvalue weighted by Gasteiger charge is -2.09. The molecule has 0 radical (unpaired) electrons. The van der Waals surface area contributed by atoms with Gasteiger partial charge in [0.1, 0.15) is 0 Å². The normalized spacial score (nSPS) is 9.44. The number of aryl methyl sites for hydroxylation is 1. The molecule has 1 N–H and O–H groups in total. The van der Waals surface area contributed by atoms with Gasteiger partial charge in [0.15, 0.2) is 0 Å². The van der Waals surface area contributed by atoms with E-state index in [2.05, 4.69) is 11.8 Å². The van der Waals surface area contributed by atoms with Crippen molar-refractivity contribution in [3.8, 4) is 11.8 Å². The van der Waals surface area contributed by atoms with Gasteiger partial charge in [-0.3, -0.25) is 4.79 Å². The summed E-state index contributed by atoms with van der Waals surface area (Å²) in [5.74, 6) is 4.85. The smallest absolute Gasteiger partial charge is 0.307 e. The van der Waals surface area contributed by atoms with Crippen LogP contribution in [-0.4, -0.2) is 11.1 Å². The zero-order valence-electron chi connectivity index (χ0n) is 9.30. The maximum absolute atomic E-state index is 10.7. The molecule has 0 amide bonds. The van der Waals surface area contributed by atoms with Crippen LogP contribution >= 0.6 is 11.6 Å². The molecule has 0 aliphatic carbocycles. The van der Waals surface area contributed by atoms with Crippen molar-refractivity contribution < 1.29 is 9.90 Å². The number of halogens is 1. The second-order valence-electron chi connectivity index (χ2n) is 3.39. The van der Waals surface area contributed by atoms with E-state index in [1.54, 1.807) is 13.0 Å². The highest BCUT2D eigenvalue weighted by molar-refractivity contribution is 6.31. The topological polar surface area (TPSA) is 37.3 Å². The third-order valence-electron chi connectivity index (χ3n) is 2.27. The molecule has 0 fully saturated rings. The molecule has 0 atom stereocenters. The Morgan fingerprint density at radius 3 is 2.69 bits per heavy atom. The Bertz CT molecular complexity index is 467. The first-order valence-electron chi connectivity index (χ1n) is 5.04. The Morgan fingerprint density at radius 1 is 1.50 bits per heavy atom. The molecule has 0 aromatic heterocycles. The number of benzene rings is 1. The van der Waals surface area contributed by atoms with Crippen molar-refractivity contribution in [1.82, 2.24) is 0 Å². The van der Waals surface area contributed by atoms with E-state index in [-0.39, 0.29) is 6.42 Å². The molecule has 0 unspecified atom stereocenters. The SMILES string of the molecule is CC#Cc1cc(Cl)c(CC(=O)O)c(CC)c1. The van der Waals surface area contributed by atoms with Crippen LogP contribution in [0.3, 0.4) is 0 Å². The fourth-order valence-corrected chi connectivity index (χ4v) is 1.88. The van der Waals surface area contributed by atoms with Gasteiger partial charge in [-0.1, -0.05) is 24.4 Å². The van der Waals surface area contributed by atoms with Gasteiger partial charge in [0.2, 0.25) is 0 Å². The molecular formula is C13H13ClO2. The first-order valence-corrected chi connectivity index (χ1v) is 5.42. The third kappa shape index (κ3) is 3.01. The minimum absolute atomic E-state index is 0.0398. The van der Waals surface area contributed by atoms with Crippen molar-refractivity contribution in [2.24, 2.45) is 0 Å². The second-order valence-corrected chi connectivity index (χ2v) is 3.80. The summed E-state index contributed by atoms with van der Waals surface area (Å²) in [6, 6.07) is 3.62. The van der Waals surface area contributed by atoms with E-state index in [0.717, 1.165) is 17.5 Å². The number of rotatable bonds is 3. The fraction of sp³-hybridized carbons (Fsp3) is 0.308. The lowest BCUT2D eigenvalue weighted by Crippen LogP contribution is -2.04. The lowest BCUT2D eigenvalue weighted by atomic mass is 9.99. The highest BCUT2D eigenvalue weighted by Crippen LogP contribution is 2.23. The van der Waals surface area contributed by atoms with E-state index < -0.39 is 5.97 Å². The number of aliphatic carboxylic acids is 1. The molecule has 16 heavy (non-hydrogen) atoms. The summed E-state index contributed by atoms with van der Waals surface area (Å²) in [6.45, 7) is 3.73. The molecule has 0 spiro atoms. The summed E-state index contributed by atoms with van der Waals surface area (Å²) in [6.07, 6.45) is 0.712. The van der Waals surface area contributed by atoms with Crippen molar-refractivity contribution >= 4 is 17.6 Å². The Labute approximate surface area is 100 Å². The van der Waals surface area contributed by atoms with Gasteiger partial charge in [-0.2, -0.15) is 0 Å². The summed E-state index contributed by atoms with van der Waals surface area (Å²) in [7, 11) is 0. The molecule has 0 saturated carbocycles. The van der Waals surface area contributed by atoms with Crippen LogP contribution < -0.4 is 0 Å². The zero-order valence-corrected chi connectivity index (χ0v) is 10.1. The number of hydrogen-bond donors (Lipinski definition) is 1. The fourth-order valence-electron chi connectivity index (χ4n) is 1.57. The van der Waals surface area contributed by atoms with Crippen molar-refractivity contribution in [3.05, 3.63) is 33.8 Å². The van der Waals surface area contributed by atoms with Crippen molar-refractivity contribution in [2.75, 3.05) is 0 Å². The average molecular weight is 237 g/mol. The van der Waals surface area contributed by atoms with Crippen molar-refractivity contribution in [3.63, 3.8) is 0 Å². The molecule has 84 valence electrons. The number of carboxylic acid groups (broad SMARTS) is 1. The molecule has 2 nitrogen and oxygen atoms in total. The Balaban J connectivity index is 3.26. The monoisotopic (exact) mass is 236 g/mol. The Kier molecular flexibility index (Phi) is 4.39. The van der Waals surface area contributed by atoms with Crippen LogP contribution in [0, 0.1) is 11.8 Å². The van der Waals surface area contributed by atoms with E-state index in [9.17, 15) is 4.79 Å². The first kappa shape index (κ1) is 12.6. The quantitative estimate of drug-likeness (QED) is 0.820. The van der Waals surface area contributed by atoms with Gasteiger partial charge < -0.3 is 5.11 Å². The summed E-state index contributed by atoms with van der Waals surface area (Å²) < 4.78 is 0. The van der Waals surface area contributed by atoms with Gasteiger partial charge in [0.25, 0.3) is 0 Å². The number of hydrogen-bond acceptors (Lipinski definition) is 1. The second kappa shape index (κ2) is 5.58. The van der Waals surface area contributed by atoms with E-state index >= 15 is 0 Å². The summed E-state index contributed by atoms with van der Waals surface area (Å²) in [5.41, 5.74) is 2.48. The van der Waals surface area contributed by atoms with Gasteiger partial charge in [0, 0.05) is 10.6 Å². The number of carbonyl (C=O) groups is 1. The minimum Gasteiger partial charge on any atom is -0.481 e. The van der Waals surface area contributed by atoms with E-state index in [4.69, 9.17) is 16.7 Å². The summed E-state index contributed by atoms with van der Waals surface area (Å²) in [4.78, 5) is 10.7. The predicted molar refractivity (Wildman–Crippen MR) is 64.7 cm³/mol. The molecule has 0 aliphatic heterocycles. The van der Waals surface area contributed by atoms with Gasteiger partial charge in [-0.25, -0.2) is 0 Å². The predicted octanol–water partition coefficient (Wildman–Crippen LogP) is 2.90. The van der Waals surface area contributed by atoms with Crippen molar-refractivity contribution in [2.45, 2.75) is 26.7 Å². The van der Waals surface area contributed by atoms with E-state index in [1.165, 1.54) is 0 Å².